The van der Waals surface area contributed by atoms with Crippen LogP contribution in [0.3, 0.4) is 0 Å². The maximum absolute atomic E-state index is 12.7. The molecule has 4 nitrogen and oxygen atoms in total. The fraction of sp³-hybridized carbons (Fsp3) is 0.231. The van der Waals surface area contributed by atoms with Crippen LogP contribution in [0.2, 0.25) is 0 Å². The van der Waals surface area contributed by atoms with Crippen LogP contribution in [0.25, 0.3) is 0 Å². The van der Waals surface area contributed by atoms with Crippen LogP contribution in [-0.2, 0) is 13.0 Å². The Labute approximate surface area is 114 Å². The molecule has 2 rings (SSSR count). The largest absolute Gasteiger partial charge is 0.350 e. The molecule has 1 heterocycles. The van der Waals surface area contributed by atoms with Gasteiger partial charge >= 0.3 is 0 Å². The molecule has 1 aromatic heterocycles. The van der Waals surface area contributed by atoms with Gasteiger partial charge in [-0.1, -0.05) is 12.1 Å². The number of nitrogens with two attached hydrogens (primary N) is 1. The van der Waals surface area contributed by atoms with Gasteiger partial charge in [-0.2, -0.15) is 0 Å². The second kappa shape index (κ2) is 6.40. The van der Waals surface area contributed by atoms with Crippen molar-refractivity contribution >= 4 is 17.2 Å². The zero-order valence-electron chi connectivity index (χ0n) is 10.2. The molecule has 0 atom stereocenters. The van der Waals surface area contributed by atoms with Gasteiger partial charge in [-0.3, -0.25) is 4.79 Å². The molecule has 3 N–H and O–H groups in total. The molecule has 0 saturated heterocycles. The molecule has 0 radical (unpaired) electrons. The fourth-order valence-electron chi connectivity index (χ4n) is 1.57. The first-order valence-corrected chi connectivity index (χ1v) is 6.74. The molecular weight excluding hydrogens is 265 g/mol. The molecule has 1 aromatic carbocycles. The Bertz CT molecular complexity index is 553. The van der Waals surface area contributed by atoms with E-state index in [9.17, 15) is 9.18 Å². The molecular formula is C13H14FN3OS. The molecule has 0 aliphatic heterocycles. The van der Waals surface area contributed by atoms with Crippen LogP contribution in [-0.4, -0.2) is 17.4 Å². The van der Waals surface area contributed by atoms with Crippen molar-refractivity contribution in [3.05, 3.63) is 51.7 Å². The maximum Gasteiger partial charge on any atom is 0.270 e. The Morgan fingerprint density at radius 2 is 2.11 bits per heavy atom. The smallest absolute Gasteiger partial charge is 0.270 e. The van der Waals surface area contributed by atoms with E-state index in [-0.39, 0.29) is 11.7 Å². The standard InChI is InChI=1S/C13H14FN3OS/c14-10-3-1-9(2-4-10)5-6-16-13(18)11-8-19-12(7-15)17-11/h1-4,8H,5-7,15H2,(H,16,18). The molecule has 0 spiro atoms. The molecule has 0 aliphatic rings. The van der Waals surface area contributed by atoms with Crippen LogP contribution in [0.1, 0.15) is 21.1 Å². The van der Waals surface area contributed by atoms with Crippen molar-refractivity contribution < 1.29 is 9.18 Å². The van der Waals surface area contributed by atoms with Gasteiger partial charge in [0.25, 0.3) is 5.91 Å². The Morgan fingerprint density at radius 1 is 1.37 bits per heavy atom. The minimum Gasteiger partial charge on any atom is -0.350 e. The summed E-state index contributed by atoms with van der Waals surface area (Å²) in [6, 6.07) is 6.23. The summed E-state index contributed by atoms with van der Waals surface area (Å²) in [7, 11) is 0. The van der Waals surface area contributed by atoms with Crippen LogP contribution < -0.4 is 11.1 Å². The third kappa shape index (κ3) is 3.84. The molecule has 2 aromatic rings. The van der Waals surface area contributed by atoms with Crippen molar-refractivity contribution in [3.8, 4) is 0 Å². The van der Waals surface area contributed by atoms with Crippen molar-refractivity contribution in [2.75, 3.05) is 6.54 Å². The summed E-state index contributed by atoms with van der Waals surface area (Å²) in [5, 5.41) is 5.20. The van der Waals surface area contributed by atoms with Crippen molar-refractivity contribution in [1.29, 1.82) is 0 Å². The minimum absolute atomic E-state index is 0.210. The SMILES string of the molecule is NCc1nc(C(=O)NCCc2ccc(F)cc2)cs1. The van der Waals surface area contributed by atoms with Crippen LogP contribution >= 0.6 is 11.3 Å². The van der Waals surface area contributed by atoms with Gasteiger partial charge in [0.05, 0.1) is 0 Å². The normalized spacial score (nSPS) is 10.4. The van der Waals surface area contributed by atoms with Crippen LogP contribution in [0.4, 0.5) is 4.39 Å². The lowest BCUT2D eigenvalue weighted by Crippen LogP contribution is -2.26. The molecule has 0 fully saturated rings. The van der Waals surface area contributed by atoms with Gasteiger partial charge in [0, 0.05) is 18.5 Å². The average Bonchev–Trinajstić information content (AvgIpc) is 2.90. The minimum atomic E-state index is -0.260. The highest BCUT2D eigenvalue weighted by molar-refractivity contribution is 7.09. The number of rotatable bonds is 5. The summed E-state index contributed by atoms with van der Waals surface area (Å²) >= 11 is 1.37. The van der Waals surface area contributed by atoms with Gasteiger partial charge < -0.3 is 11.1 Å². The van der Waals surface area contributed by atoms with E-state index in [0.29, 0.717) is 25.2 Å². The van der Waals surface area contributed by atoms with Crippen LogP contribution in [0.15, 0.2) is 29.6 Å². The zero-order valence-corrected chi connectivity index (χ0v) is 11.0. The topological polar surface area (TPSA) is 68.0 Å². The lowest BCUT2D eigenvalue weighted by atomic mass is 10.1. The number of nitrogens with zero attached hydrogens (tertiary/aromatic N) is 1. The monoisotopic (exact) mass is 279 g/mol. The highest BCUT2D eigenvalue weighted by Crippen LogP contribution is 2.08. The maximum atomic E-state index is 12.7. The van der Waals surface area contributed by atoms with Crippen LogP contribution in [0.5, 0.6) is 0 Å². The Kier molecular flexibility index (Phi) is 4.59. The van der Waals surface area contributed by atoms with E-state index < -0.39 is 0 Å². The number of nitrogens with one attached hydrogen (secondary N) is 1. The van der Waals surface area contributed by atoms with Gasteiger partial charge in [-0.15, -0.1) is 11.3 Å². The van der Waals surface area contributed by atoms with Crippen molar-refractivity contribution in [1.82, 2.24) is 10.3 Å². The van der Waals surface area contributed by atoms with Crippen molar-refractivity contribution in [2.45, 2.75) is 13.0 Å². The predicted octanol–water partition coefficient (Wildman–Crippen LogP) is 1.71. The van der Waals surface area contributed by atoms with Crippen molar-refractivity contribution in [3.63, 3.8) is 0 Å². The third-order valence-electron chi connectivity index (χ3n) is 2.57. The molecule has 19 heavy (non-hydrogen) atoms. The number of carbonyl (C=O) groups excluding carboxylic acids is 1. The first kappa shape index (κ1) is 13.6. The number of thiazole rings is 1. The lowest BCUT2D eigenvalue weighted by Gasteiger charge is -2.03. The number of benzene rings is 1. The Balaban J connectivity index is 1.82. The van der Waals surface area contributed by atoms with E-state index in [2.05, 4.69) is 10.3 Å². The molecule has 0 unspecified atom stereocenters. The number of carbonyl (C=O) groups is 1. The summed E-state index contributed by atoms with van der Waals surface area (Å²) in [4.78, 5) is 15.8. The van der Waals surface area contributed by atoms with Gasteiger partial charge in [-0.25, -0.2) is 9.37 Å². The third-order valence-corrected chi connectivity index (χ3v) is 3.44. The summed E-state index contributed by atoms with van der Waals surface area (Å²) in [5.41, 5.74) is 6.80. The van der Waals surface area contributed by atoms with E-state index >= 15 is 0 Å². The number of halogens is 1. The molecule has 0 saturated carbocycles. The highest BCUT2D eigenvalue weighted by atomic mass is 32.1. The van der Waals surface area contributed by atoms with Gasteiger partial charge in [-0.05, 0) is 24.1 Å². The van der Waals surface area contributed by atoms with E-state index in [0.717, 1.165) is 10.6 Å². The Hall–Kier alpha value is -1.79. The van der Waals surface area contributed by atoms with E-state index in [1.54, 1.807) is 17.5 Å². The number of hydrogen-bond donors (Lipinski definition) is 2. The number of hydrogen-bond acceptors (Lipinski definition) is 4. The number of amides is 1. The van der Waals surface area contributed by atoms with E-state index in [4.69, 9.17) is 5.73 Å². The number of aromatic nitrogens is 1. The zero-order chi connectivity index (χ0) is 13.7. The summed E-state index contributed by atoms with van der Waals surface area (Å²) in [6.07, 6.45) is 0.653. The summed E-state index contributed by atoms with van der Waals surface area (Å²) in [6.45, 7) is 0.827. The molecule has 6 heteroatoms. The first-order valence-electron chi connectivity index (χ1n) is 5.86. The molecule has 0 aliphatic carbocycles. The summed E-state index contributed by atoms with van der Waals surface area (Å²) < 4.78 is 12.7. The lowest BCUT2D eigenvalue weighted by molar-refractivity contribution is 0.0949. The molecule has 100 valence electrons. The van der Waals surface area contributed by atoms with Gasteiger partial charge in [0.2, 0.25) is 0 Å². The van der Waals surface area contributed by atoms with Gasteiger partial charge in [0.15, 0.2) is 0 Å². The van der Waals surface area contributed by atoms with Crippen molar-refractivity contribution in [2.24, 2.45) is 5.73 Å². The average molecular weight is 279 g/mol. The fourth-order valence-corrected chi connectivity index (χ4v) is 2.23. The van der Waals surface area contributed by atoms with E-state index in [1.165, 1.54) is 23.5 Å². The second-order valence-corrected chi connectivity index (χ2v) is 4.91. The van der Waals surface area contributed by atoms with Crippen LogP contribution in [0, 0.1) is 5.82 Å². The summed E-state index contributed by atoms with van der Waals surface area (Å²) in [5.74, 6) is -0.470. The highest BCUT2D eigenvalue weighted by Gasteiger charge is 2.09. The molecule has 0 bridgehead atoms. The van der Waals surface area contributed by atoms with E-state index in [1.807, 2.05) is 0 Å². The first-order chi connectivity index (χ1) is 9.19. The predicted molar refractivity (Wildman–Crippen MR) is 72.4 cm³/mol. The Morgan fingerprint density at radius 3 is 2.74 bits per heavy atom. The van der Waals surface area contributed by atoms with Gasteiger partial charge in [0.1, 0.15) is 16.5 Å². The molecule has 1 amide bonds. The second-order valence-electron chi connectivity index (χ2n) is 3.96. The quantitative estimate of drug-likeness (QED) is 0.875.